The van der Waals surface area contributed by atoms with Crippen LogP contribution < -0.4 is 15.3 Å². The number of nitrogens with zero attached hydrogens (tertiary/aromatic N) is 4. The Labute approximate surface area is 229 Å². The Bertz CT molecular complexity index is 1460. The van der Waals surface area contributed by atoms with Gasteiger partial charge in [-0.1, -0.05) is 18.2 Å². The van der Waals surface area contributed by atoms with Crippen LogP contribution in [0, 0.1) is 17.2 Å². The van der Waals surface area contributed by atoms with Crippen LogP contribution in [0.2, 0.25) is 0 Å². The summed E-state index contributed by atoms with van der Waals surface area (Å²) < 4.78 is 37.6. The van der Waals surface area contributed by atoms with Crippen LogP contribution in [0.1, 0.15) is 31.6 Å². The molecule has 5 N–H and O–H groups in total. The first-order valence-corrected chi connectivity index (χ1v) is 14.2. The van der Waals surface area contributed by atoms with Gasteiger partial charge in [-0.25, -0.2) is 14.1 Å². The molecule has 2 fully saturated rings. The second kappa shape index (κ2) is 11.1. The van der Waals surface area contributed by atoms with E-state index in [1.165, 1.54) is 29.9 Å². The van der Waals surface area contributed by atoms with Crippen LogP contribution >= 0.6 is 7.75 Å². The third-order valence-electron chi connectivity index (χ3n) is 6.72. The number of hydrogen-bond acceptors (Lipinski definition) is 12. The van der Waals surface area contributed by atoms with Crippen LogP contribution in [-0.2, 0) is 23.4 Å². The Morgan fingerprint density at radius 1 is 1.32 bits per heavy atom. The highest BCUT2D eigenvalue weighted by Gasteiger charge is 2.57. The summed E-state index contributed by atoms with van der Waals surface area (Å²) in [4.78, 5) is 16.4. The molecule has 3 aromatic rings. The van der Waals surface area contributed by atoms with Crippen molar-refractivity contribution >= 4 is 25.1 Å². The van der Waals surface area contributed by atoms with Gasteiger partial charge in [0.25, 0.3) is 0 Å². The van der Waals surface area contributed by atoms with Crippen molar-refractivity contribution in [2.24, 2.45) is 5.92 Å². The number of nitrogens with one attached hydrogen (secondary N) is 1. The van der Waals surface area contributed by atoms with E-state index in [0.29, 0.717) is 17.1 Å². The molecule has 14 nitrogen and oxygen atoms in total. The first-order valence-electron chi connectivity index (χ1n) is 12.6. The number of nitriles is 1. The molecule has 15 heteroatoms. The topological polar surface area (TPSA) is 204 Å². The van der Waals surface area contributed by atoms with Crippen molar-refractivity contribution in [2.45, 2.75) is 49.7 Å². The van der Waals surface area contributed by atoms with Gasteiger partial charge in [0, 0.05) is 0 Å². The van der Waals surface area contributed by atoms with Gasteiger partial charge in [-0.15, -0.1) is 0 Å². The van der Waals surface area contributed by atoms with Gasteiger partial charge in [-0.05, 0) is 49.9 Å². The molecule has 3 heterocycles. The number of rotatable bonds is 11. The van der Waals surface area contributed by atoms with Crippen LogP contribution in [0.4, 0.5) is 5.82 Å². The van der Waals surface area contributed by atoms with Crippen LogP contribution in [0.3, 0.4) is 0 Å². The first-order chi connectivity index (χ1) is 19.1. The number of aromatic nitrogens is 3. The van der Waals surface area contributed by atoms with Crippen LogP contribution in [0.5, 0.6) is 5.75 Å². The monoisotopic (exact) mass is 572 g/mol. The molecule has 1 saturated heterocycles. The fraction of sp³-hybridized carbons (Fsp3) is 0.440. The molecule has 6 atom stereocenters. The minimum Gasteiger partial charge on any atom is -0.464 e. The number of nitrogens with two attached hydrogens (primary N) is 1. The zero-order valence-corrected chi connectivity index (χ0v) is 22.4. The fourth-order valence-corrected chi connectivity index (χ4v) is 5.79. The van der Waals surface area contributed by atoms with Gasteiger partial charge in [0.15, 0.2) is 5.82 Å². The number of fused-ring (bicyclic) bond motifs is 1. The number of carbonyl (C=O) groups is 1. The number of aliphatic hydroxyl groups excluding tert-OH is 2. The van der Waals surface area contributed by atoms with Crippen molar-refractivity contribution in [1.29, 1.82) is 5.26 Å². The van der Waals surface area contributed by atoms with Gasteiger partial charge in [0.2, 0.25) is 5.60 Å². The summed E-state index contributed by atoms with van der Waals surface area (Å²) in [5, 5.41) is 38.5. The van der Waals surface area contributed by atoms with Crippen molar-refractivity contribution < 1.29 is 38.1 Å². The first kappa shape index (κ1) is 28.0. The summed E-state index contributed by atoms with van der Waals surface area (Å²) >= 11 is 0. The Hall–Kier alpha value is -3.57. The van der Waals surface area contributed by atoms with E-state index in [1.54, 1.807) is 30.3 Å². The number of carbonyl (C=O) groups excluding carboxylic acids is 1. The molecule has 40 heavy (non-hydrogen) atoms. The molecular formula is C25H29N6O8P. The Kier molecular flexibility index (Phi) is 7.78. The standard InChI is InChI=1S/C25H29N6O8P/c1-15(24(34)36-11-16-7-8-16)30-40(35,39-17-5-3-2-4-6-17)37-13-25(12-26)22(33)20(32)21(38-25)18-9-10-19-23(27)28-14-29-31(18)19/h2-6,9-10,14-16,20-22,32-33H,7-8,11,13H2,1H3,(H,30,35)(H2,27,28,29)/t15-,20-,21-,22-,25+,40-/m0/s1. The quantitative estimate of drug-likeness (QED) is 0.190. The number of para-hydroxylation sites is 1. The van der Waals surface area contributed by atoms with E-state index >= 15 is 0 Å². The Morgan fingerprint density at radius 3 is 2.77 bits per heavy atom. The average Bonchev–Trinajstić information content (AvgIpc) is 3.62. The van der Waals surface area contributed by atoms with Gasteiger partial charge in [0.05, 0.1) is 12.3 Å². The largest absolute Gasteiger partial charge is 0.464 e. The lowest BCUT2D eigenvalue weighted by atomic mass is 9.96. The molecule has 1 aliphatic carbocycles. The van der Waals surface area contributed by atoms with Crippen LogP contribution in [0.25, 0.3) is 5.52 Å². The zero-order chi connectivity index (χ0) is 28.5. The van der Waals surface area contributed by atoms with Crippen molar-refractivity contribution in [1.82, 2.24) is 19.7 Å². The van der Waals surface area contributed by atoms with Crippen LogP contribution in [0.15, 0.2) is 48.8 Å². The lowest BCUT2D eigenvalue weighted by Gasteiger charge is -2.28. The van der Waals surface area contributed by atoms with Gasteiger partial charge in [0.1, 0.15) is 54.6 Å². The zero-order valence-electron chi connectivity index (χ0n) is 21.5. The molecule has 5 rings (SSSR count). The molecular weight excluding hydrogens is 543 g/mol. The van der Waals surface area contributed by atoms with Crippen molar-refractivity contribution in [3.63, 3.8) is 0 Å². The number of hydrogen-bond donors (Lipinski definition) is 4. The molecule has 1 aliphatic heterocycles. The molecule has 2 aliphatic rings. The molecule has 0 unspecified atom stereocenters. The predicted molar refractivity (Wildman–Crippen MR) is 138 cm³/mol. The highest BCUT2D eigenvalue weighted by Crippen LogP contribution is 2.48. The maximum atomic E-state index is 13.9. The minimum absolute atomic E-state index is 0.158. The molecule has 1 aromatic carbocycles. The van der Waals surface area contributed by atoms with Gasteiger partial charge >= 0.3 is 13.7 Å². The van der Waals surface area contributed by atoms with E-state index in [2.05, 4.69) is 15.2 Å². The van der Waals surface area contributed by atoms with Gasteiger partial charge < -0.3 is 29.9 Å². The van der Waals surface area contributed by atoms with E-state index in [0.717, 1.165) is 12.8 Å². The lowest BCUT2D eigenvalue weighted by Crippen LogP contribution is -2.46. The molecule has 0 spiro atoms. The van der Waals surface area contributed by atoms with E-state index in [1.807, 2.05) is 6.07 Å². The number of aliphatic hydroxyl groups is 2. The summed E-state index contributed by atoms with van der Waals surface area (Å²) in [6.07, 6.45) is -1.41. The molecule has 2 aromatic heterocycles. The Morgan fingerprint density at radius 2 is 2.08 bits per heavy atom. The summed E-state index contributed by atoms with van der Waals surface area (Å²) in [5.41, 5.74) is 4.44. The third-order valence-corrected chi connectivity index (χ3v) is 8.35. The third kappa shape index (κ3) is 5.66. The van der Waals surface area contributed by atoms with Gasteiger partial charge in [-0.3, -0.25) is 9.32 Å². The number of esters is 1. The van der Waals surface area contributed by atoms with Crippen molar-refractivity contribution in [2.75, 3.05) is 18.9 Å². The van der Waals surface area contributed by atoms with Crippen molar-refractivity contribution in [3.05, 3.63) is 54.5 Å². The van der Waals surface area contributed by atoms with Crippen molar-refractivity contribution in [3.8, 4) is 11.8 Å². The smallest absolute Gasteiger partial charge is 0.459 e. The summed E-state index contributed by atoms with van der Waals surface area (Å²) in [6, 6.07) is 12.0. The molecule has 0 amide bonds. The van der Waals surface area contributed by atoms with E-state index in [4.69, 9.17) is 24.3 Å². The van der Waals surface area contributed by atoms with E-state index in [-0.39, 0.29) is 18.2 Å². The van der Waals surface area contributed by atoms with Crippen LogP contribution in [-0.4, -0.2) is 67.8 Å². The van der Waals surface area contributed by atoms with E-state index in [9.17, 15) is 24.8 Å². The maximum Gasteiger partial charge on any atom is 0.459 e. The maximum absolute atomic E-state index is 13.9. The number of benzene rings is 1. The number of ether oxygens (including phenoxy) is 2. The summed E-state index contributed by atoms with van der Waals surface area (Å²) in [6.45, 7) is 0.905. The minimum atomic E-state index is -4.38. The fourth-order valence-electron chi connectivity index (χ4n) is 4.27. The second-order valence-electron chi connectivity index (χ2n) is 9.78. The van der Waals surface area contributed by atoms with E-state index < -0.39 is 50.3 Å². The number of anilines is 1. The Balaban J connectivity index is 1.36. The second-order valence-corrected chi connectivity index (χ2v) is 11.5. The molecule has 1 saturated carbocycles. The lowest BCUT2D eigenvalue weighted by molar-refractivity contribution is -0.145. The summed E-state index contributed by atoms with van der Waals surface area (Å²) in [7, 11) is -4.38. The number of nitrogen functional groups attached to an aromatic ring is 1. The predicted octanol–water partition coefficient (Wildman–Crippen LogP) is 1.50. The highest BCUT2D eigenvalue weighted by molar-refractivity contribution is 7.52. The highest BCUT2D eigenvalue weighted by atomic mass is 31.2. The SMILES string of the molecule is C[C@H](N[P@](=O)(OC[C@@]1(C#N)O[C@@H](c2ccc3c(N)ncnn23)[C@H](O)[C@@H]1O)Oc1ccccc1)C(=O)OCC1CC1. The molecule has 212 valence electrons. The molecule has 0 radical (unpaired) electrons. The normalized spacial score (nSPS) is 26.6. The average molecular weight is 573 g/mol. The molecule has 0 bridgehead atoms. The summed E-state index contributed by atoms with van der Waals surface area (Å²) in [5.74, 6) is 0.0114. The van der Waals surface area contributed by atoms with Gasteiger partial charge in [-0.2, -0.15) is 15.4 Å².